The first-order chi connectivity index (χ1) is 4.57. The van der Waals surface area contributed by atoms with Crippen molar-refractivity contribution in [3.05, 3.63) is 0 Å². The van der Waals surface area contributed by atoms with E-state index in [0.29, 0.717) is 0 Å². The molecule has 66 valence electrons. The standard InChI is InChI=1S/C5H10N2O3.BrH/c1-3(5(9)10)7-4(8)2-6;/h3H,2,6H2,1H3,(H,7,8)(H,9,10);1H/t3-;/m0./s1. The first kappa shape index (κ1) is 13.0. The Morgan fingerprint density at radius 1 is 1.64 bits per heavy atom. The van der Waals surface area contributed by atoms with E-state index in [-0.39, 0.29) is 23.5 Å². The van der Waals surface area contributed by atoms with Crippen molar-refractivity contribution in [2.75, 3.05) is 6.54 Å². The van der Waals surface area contributed by atoms with E-state index >= 15 is 0 Å². The summed E-state index contributed by atoms with van der Waals surface area (Å²) in [6.07, 6.45) is 0. The number of hydrogen-bond donors (Lipinski definition) is 3. The van der Waals surface area contributed by atoms with Crippen LogP contribution in [0.5, 0.6) is 0 Å². The van der Waals surface area contributed by atoms with E-state index in [9.17, 15) is 9.59 Å². The maximum atomic E-state index is 10.4. The number of halogens is 1. The monoisotopic (exact) mass is 226 g/mol. The summed E-state index contributed by atoms with van der Waals surface area (Å²) in [5.41, 5.74) is 4.92. The molecule has 0 aliphatic carbocycles. The van der Waals surface area contributed by atoms with Gasteiger partial charge in [-0.3, -0.25) is 9.59 Å². The number of hydrogen-bond acceptors (Lipinski definition) is 3. The molecule has 1 atom stereocenters. The second kappa shape index (κ2) is 6.11. The van der Waals surface area contributed by atoms with Gasteiger partial charge in [0.15, 0.2) is 0 Å². The zero-order valence-electron chi connectivity index (χ0n) is 6.03. The van der Waals surface area contributed by atoms with Gasteiger partial charge in [-0.15, -0.1) is 17.0 Å². The maximum Gasteiger partial charge on any atom is 0.325 e. The molecule has 0 aromatic rings. The Hall–Kier alpha value is -0.620. The van der Waals surface area contributed by atoms with E-state index in [1.54, 1.807) is 0 Å². The molecule has 0 radical (unpaired) electrons. The fraction of sp³-hybridized carbons (Fsp3) is 0.600. The Labute approximate surface area is 74.7 Å². The van der Waals surface area contributed by atoms with Crippen molar-refractivity contribution < 1.29 is 14.7 Å². The Morgan fingerprint density at radius 3 is 2.36 bits per heavy atom. The molecule has 0 aliphatic rings. The zero-order chi connectivity index (χ0) is 8.15. The molecule has 11 heavy (non-hydrogen) atoms. The third-order valence-electron chi connectivity index (χ3n) is 0.933. The minimum Gasteiger partial charge on any atom is -0.480 e. The number of nitrogens with two attached hydrogens (primary N) is 1. The lowest BCUT2D eigenvalue weighted by atomic mass is 10.3. The molecular formula is C5H11BrN2O3. The molecule has 0 spiro atoms. The molecule has 1 amide bonds. The van der Waals surface area contributed by atoms with Crippen LogP contribution in [0.15, 0.2) is 0 Å². The number of aliphatic carboxylic acids is 1. The Bertz CT molecular complexity index is 151. The summed E-state index contributed by atoms with van der Waals surface area (Å²) in [6.45, 7) is 1.19. The lowest BCUT2D eigenvalue weighted by Crippen LogP contribution is -2.41. The van der Waals surface area contributed by atoms with E-state index in [1.807, 2.05) is 0 Å². The first-order valence-corrected chi connectivity index (χ1v) is 2.80. The van der Waals surface area contributed by atoms with Crippen molar-refractivity contribution in [1.29, 1.82) is 0 Å². The Kier molecular flexibility index (Phi) is 7.23. The maximum absolute atomic E-state index is 10.4. The second-order valence-corrected chi connectivity index (χ2v) is 1.83. The predicted molar refractivity (Wildman–Crippen MR) is 44.6 cm³/mol. The Balaban J connectivity index is 0. The van der Waals surface area contributed by atoms with E-state index in [4.69, 9.17) is 10.8 Å². The summed E-state index contributed by atoms with van der Waals surface area (Å²) < 4.78 is 0. The van der Waals surface area contributed by atoms with E-state index in [2.05, 4.69) is 5.32 Å². The molecule has 6 heteroatoms. The van der Waals surface area contributed by atoms with Gasteiger partial charge in [0, 0.05) is 0 Å². The molecule has 0 rings (SSSR count). The molecule has 0 unspecified atom stereocenters. The number of carboxylic acids is 1. The lowest BCUT2D eigenvalue weighted by Gasteiger charge is -2.06. The molecule has 0 aliphatic heterocycles. The fourth-order valence-corrected chi connectivity index (χ4v) is 0.362. The van der Waals surface area contributed by atoms with E-state index in [1.165, 1.54) is 6.92 Å². The summed E-state index contributed by atoms with van der Waals surface area (Å²) >= 11 is 0. The predicted octanol–water partition coefficient (Wildman–Crippen LogP) is -0.888. The van der Waals surface area contributed by atoms with E-state index in [0.717, 1.165) is 0 Å². The van der Waals surface area contributed by atoms with Gasteiger partial charge in [-0.1, -0.05) is 0 Å². The summed E-state index contributed by atoms with van der Waals surface area (Å²) in [7, 11) is 0. The van der Waals surface area contributed by atoms with Gasteiger partial charge in [-0.2, -0.15) is 0 Å². The summed E-state index contributed by atoms with van der Waals surface area (Å²) in [4.78, 5) is 20.5. The van der Waals surface area contributed by atoms with Gasteiger partial charge >= 0.3 is 5.97 Å². The van der Waals surface area contributed by atoms with E-state index < -0.39 is 17.9 Å². The quantitative estimate of drug-likeness (QED) is 0.583. The molecule has 0 aromatic heterocycles. The Morgan fingerprint density at radius 2 is 2.09 bits per heavy atom. The molecule has 0 saturated heterocycles. The number of carbonyl (C=O) groups is 2. The highest BCUT2D eigenvalue weighted by molar-refractivity contribution is 8.93. The van der Waals surface area contributed by atoms with Crippen LogP contribution in [0.25, 0.3) is 0 Å². The van der Waals surface area contributed by atoms with Crippen LogP contribution in [0.4, 0.5) is 0 Å². The van der Waals surface area contributed by atoms with Gasteiger partial charge in [0.1, 0.15) is 6.04 Å². The molecule has 5 nitrogen and oxygen atoms in total. The van der Waals surface area contributed by atoms with Crippen LogP contribution in [0.3, 0.4) is 0 Å². The van der Waals surface area contributed by atoms with Gasteiger partial charge in [-0.05, 0) is 6.92 Å². The molecule has 0 bridgehead atoms. The fourth-order valence-electron chi connectivity index (χ4n) is 0.362. The van der Waals surface area contributed by atoms with Gasteiger partial charge in [0.2, 0.25) is 5.91 Å². The smallest absolute Gasteiger partial charge is 0.325 e. The van der Waals surface area contributed by atoms with Crippen LogP contribution in [-0.2, 0) is 9.59 Å². The van der Waals surface area contributed by atoms with Crippen LogP contribution < -0.4 is 11.1 Å². The minimum atomic E-state index is -1.07. The topological polar surface area (TPSA) is 92.4 Å². The molecule has 0 saturated carbocycles. The van der Waals surface area contributed by atoms with Crippen molar-refractivity contribution in [3.8, 4) is 0 Å². The third kappa shape index (κ3) is 5.81. The molecule has 0 fully saturated rings. The number of nitrogens with one attached hydrogen (secondary N) is 1. The third-order valence-corrected chi connectivity index (χ3v) is 0.933. The average molecular weight is 227 g/mol. The van der Waals surface area contributed by atoms with Crippen molar-refractivity contribution in [1.82, 2.24) is 5.32 Å². The largest absolute Gasteiger partial charge is 0.480 e. The van der Waals surface area contributed by atoms with Gasteiger partial charge in [0.05, 0.1) is 6.54 Å². The van der Waals surface area contributed by atoms with Crippen molar-refractivity contribution in [3.63, 3.8) is 0 Å². The van der Waals surface area contributed by atoms with Gasteiger partial charge in [-0.25, -0.2) is 0 Å². The van der Waals surface area contributed by atoms with Crippen LogP contribution in [0, 0.1) is 0 Å². The number of carboxylic acid groups (broad SMARTS) is 1. The minimum absolute atomic E-state index is 0. The first-order valence-electron chi connectivity index (χ1n) is 2.80. The number of amides is 1. The number of carbonyl (C=O) groups excluding carboxylic acids is 1. The normalized spacial score (nSPS) is 11.1. The highest BCUT2D eigenvalue weighted by Crippen LogP contribution is 1.78. The van der Waals surface area contributed by atoms with Crippen LogP contribution in [0.2, 0.25) is 0 Å². The van der Waals surface area contributed by atoms with Crippen LogP contribution in [-0.4, -0.2) is 29.6 Å². The summed E-state index contributed by atoms with van der Waals surface area (Å²) in [6, 6.07) is -0.865. The molecule has 0 heterocycles. The van der Waals surface area contributed by atoms with Crippen LogP contribution >= 0.6 is 17.0 Å². The zero-order valence-corrected chi connectivity index (χ0v) is 7.75. The van der Waals surface area contributed by atoms with Gasteiger partial charge in [0.25, 0.3) is 0 Å². The van der Waals surface area contributed by atoms with Crippen molar-refractivity contribution in [2.24, 2.45) is 5.73 Å². The van der Waals surface area contributed by atoms with Crippen molar-refractivity contribution >= 4 is 28.9 Å². The van der Waals surface area contributed by atoms with Gasteiger partial charge < -0.3 is 16.2 Å². The second-order valence-electron chi connectivity index (χ2n) is 1.83. The summed E-state index contributed by atoms with van der Waals surface area (Å²) in [5, 5.41) is 10.4. The van der Waals surface area contributed by atoms with Crippen LogP contribution in [0.1, 0.15) is 6.92 Å². The number of rotatable bonds is 3. The van der Waals surface area contributed by atoms with Crippen molar-refractivity contribution in [2.45, 2.75) is 13.0 Å². The molecule has 4 N–H and O–H groups in total. The summed E-state index contributed by atoms with van der Waals surface area (Å²) in [5.74, 6) is -1.53. The SMILES string of the molecule is Br.C[C@H](NC(=O)CN)C(=O)O. The highest BCUT2D eigenvalue weighted by atomic mass is 79.9. The lowest BCUT2D eigenvalue weighted by molar-refractivity contribution is -0.141. The highest BCUT2D eigenvalue weighted by Gasteiger charge is 2.11. The molecular weight excluding hydrogens is 216 g/mol. The average Bonchev–Trinajstić information content (AvgIpc) is 1.87. The molecule has 0 aromatic carbocycles.